The largest absolute Gasteiger partial charge is 0.327 e. The Kier molecular flexibility index (Phi) is 4.38. The topological polar surface area (TPSA) is 55.1 Å². The molecule has 0 saturated heterocycles. The van der Waals surface area contributed by atoms with Gasteiger partial charge in [0.1, 0.15) is 5.82 Å². The molecule has 1 fully saturated rings. The van der Waals surface area contributed by atoms with Crippen LogP contribution in [-0.2, 0) is 4.79 Å². The third-order valence-electron chi connectivity index (χ3n) is 5.27. The van der Waals surface area contributed by atoms with Gasteiger partial charge in [-0.15, -0.1) is 0 Å². The Balaban J connectivity index is 2.16. The molecule has 21 heavy (non-hydrogen) atoms. The van der Waals surface area contributed by atoms with Crippen molar-refractivity contribution in [2.24, 2.45) is 23.0 Å². The molecular weight excluding hydrogens is 267 g/mol. The highest BCUT2D eigenvalue weighted by molar-refractivity contribution is 5.93. The standard InChI is InChI=1S/C17H25FN2O/c1-10-9-12(18)5-8-15(10)20-16(21)13-6-7-14(19)11(2)17(13,3)4/h5,8-9,11,13-14H,6-7,19H2,1-4H3,(H,20,21). The van der Waals surface area contributed by atoms with E-state index >= 15 is 0 Å². The zero-order valence-corrected chi connectivity index (χ0v) is 13.2. The van der Waals surface area contributed by atoms with E-state index in [1.807, 2.05) is 0 Å². The Hall–Kier alpha value is -1.42. The molecule has 0 spiro atoms. The van der Waals surface area contributed by atoms with Crippen molar-refractivity contribution in [1.82, 2.24) is 0 Å². The van der Waals surface area contributed by atoms with E-state index in [1.165, 1.54) is 12.1 Å². The van der Waals surface area contributed by atoms with Crippen LogP contribution >= 0.6 is 0 Å². The molecule has 0 bridgehead atoms. The van der Waals surface area contributed by atoms with E-state index in [0.717, 1.165) is 18.4 Å². The number of hydrogen-bond donors (Lipinski definition) is 2. The summed E-state index contributed by atoms with van der Waals surface area (Å²) in [5, 5.41) is 2.95. The van der Waals surface area contributed by atoms with Gasteiger partial charge in [-0.2, -0.15) is 0 Å². The third-order valence-corrected chi connectivity index (χ3v) is 5.27. The number of carbonyl (C=O) groups is 1. The highest BCUT2D eigenvalue weighted by Crippen LogP contribution is 2.44. The SMILES string of the molecule is Cc1cc(F)ccc1NC(=O)C1CCC(N)C(C)C1(C)C. The van der Waals surface area contributed by atoms with Gasteiger partial charge in [-0.25, -0.2) is 4.39 Å². The Morgan fingerprint density at radius 3 is 2.67 bits per heavy atom. The highest BCUT2D eigenvalue weighted by Gasteiger charge is 2.45. The number of aryl methyl sites for hydroxylation is 1. The molecule has 116 valence electrons. The van der Waals surface area contributed by atoms with Gasteiger partial charge < -0.3 is 11.1 Å². The first-order valence-electron chi connectivity index (χ1n) is 7.56. The molecule has 3 nitrogen and oxygen atoms in total. The maximum absolute atomic E-state index is 13.1. The molecule has 0 aliphatic heterocycles. The predicted molar refractivity (Wildman–Crippen MR) is 83.4 cm³/mol. The number of benzene rings is 1. The predicted octanol–water partition coefficient (Wildman–Crippen LogP) is 3.47. The van der Waals surface area contributed by atoms with Gasteiger partial charge in [-0.1, -0.05) is 20.8 Å². The second-order valence-electron chi connectivity index (χ2n) is 6.85. The van der Waals surface area contributed by atoms with Crippen LogP contribution in [0.15, 0.2) is 18.2 Å². The molecule has 3 unspecified atom stereocenters. The molecule has 1 aromatic rings. The van der Waals surface area contributed by atoms with E-state index in [1.54, 1.807) is 13.0 Å². The third kappa shape index (κ3) is 3.10. The van der Waals surface area contributed by atoms with Gasteiger partial charge in [0.15, 0.2) is 0 Å². The fourth-order valence-electron chi connectivity index (χ4n) is 3.31. The van der Waals surface area contributed by atoms with Crippen molar-refractivity contribution in [1.29, 1.82) is 0 Å². The van der Waals surface area contributed by atoms with Crippen LogP contribution in [0.25, 0.3) is 0 Å². The first-order valence-corrected chi connectivity index (χ1v) is 7.56. The average molecular weight is 292 g/mol. The van der Waals surface area contributed by atoms with Gasteiger partial charge in [-0.3, -0.25) is 4.79 Å². The molecule has 4 heteroatoms. The fourth-order valence-corrected chi connectivity index (χ4v) is 3.31. The van der Waals surface area contributed by atoms with E-state index in [2.05, 4.69) is 26.1 Å². The van der Waals surface area contributed by atoms with Crippen molar-refractivity contribution in [2.45, 2.75) is 46.6 Å². The summed E-state index contributed by atoms with van der Waals surface area (Å²) in [4.78, 5) is 12.6. The van der Waals surface area contributed by atoms with Gasteiger partial charge in [0.25, 0.3) is 0 Å². The second kappa shape index (κ2) is 5.76. The first-order chi connectivity index (χ1) is 9.73. The van der Waals surface area contributed by atoms with E-state index in [9.17, 15) is 9.18 Å². The first kappa shape index (κ1) is 16.0. The Morgan fingerprint density at radius 1 is 1.38 bits per heavy atom. The maximum atomic E-state index is 13.1. The smallest absolute Gasteiger partial charge is 0.228 e. The van der Waals surface area contributed by atoms with Gasteiger partial charge >= 0.3 is 0 Å². The van der Waals surface area contributed by atoms with Crippen molar-refractivity contribution in [3.63, 3.8) is 0 Å². The zero-order valence-electron chi connectivity index (χ0n) is 13.2. The number of nitrogens with two attached hydrogens (primary N) is 1. The summed E-state index contributed by atoms with van der Waals surface area (Å²) in [5.74, 6) is -0.0652. The van der Waals surface area contributed by atoms with Crippen molar-refractivity contribution in [3.05, 3.63) is 29.6 Å². The molecule has 1 aliphatic rings. The molecule has 1 saturated carbocycles. The van der Waals surface area contributed by atoms with Gasteiger partial charge in [0, 0.05) is 17.6 Å². The molecule has 1 aromatic carbocycles. The second-order valence-corrected chi connectivity index (χ2v) is 6.85. The number of amides is 1. The minimum absolute atomic E-state index is 0.00783. The van der Waals surface area contributed by atoms with E-state index in [0.29, 0.717) is 5.69 Å². The van der Waals surface area contributed by atoms with Crippen molar-refractivity contribution < 1.29 is 9.18 Å². The number of rotatable bonds is 2. The van der Waals surface area contributed by atoms with Crippen LogP contribution in [-0.4, -0.2) is 11.9 Å². The summed E-state index contributed by atoms with van der Waals surface area (Å²) >= 11 is 0. The zero-order chi connectivity index (χ0) is 15.8. The molecule has 3 N–H and O–H groups in total. The van der Waals surface area contributed by atoms with Crippen LogP contribution in [0.2, 0.25) is 0 Å². The molecule has 1 amide bonds. The Labute approximate surface area is 126 Å². The lowest BCUT2D eigenvalue weighted by Crippen LogP contribution is -2.50. The normalized spacial score (nSPS) is 28.2. The van der Waals surface area contributed by atoms with Crippen molar-refractivity contribution in [2.75, 3.05) is 5.32 Å². The number of halogens is 1. The van der Waals surface area contributed by atoms with Crippen LogP contribution < -0.4 is 11.1 Å². The summed E-state index contributed by atoms with van der Waals surface area (Å²) in [6.07, 6.45) is 1.66. The van der Waals surface area contributed by atoms with Gasteiger partial charge in [0.05, 0.1) is 0 Å². The Bertz CT molecular complexity index is 542. The van der Waals surface area contributed by atoms with Crippen LogP contribution in [0.3, 0.4) is 0 Å². The fraction of sp³-hybridized carbons (Fsp3) is 0.588. The van der Waals surface area contributed by atoms with Gasteiger partial charge in [-0.05, 0) is 54.9 Å². The van der Waals surface area contributed by atoms with Crippen LogP contribution in [0.4, 0.5) is 10.1 Å². The van der Waals surface area contributed by atoms with Crippen LogP contribution in [0.5, 0.6) is 0 Å². The molecule has 3 atom stereocenters. The average Bonchev–Trinajstić information content (AvgIpc) is 2.39. The van der Waals surface area contributed by atoms with E-state index in [4.69, 9.17) is 5.73 Å². The van der Waals surface area contributed by atoms with E-state index < -0.39 is 0 Å². The quantitative estimate of drug-likeness (QED) is 0.877. The molecular formula is C17H25FN2O. The van der Waals surface area contributed by atoms with Gasteiger partial charge in [0.2, 0.25) is 5.91 Å². The van der Waals surface area contributed by atoms with Crippen LogP contribution in [0.1, 0.15) is 39.2 Å². The summed E-state index contributed by atoms with van der Waals surface area (Å²) in [5.41, 5.74) is 7.41. The van der Waals surface area contributed by atoms with E-state index in [-0.39, 0.29) is 35.0 Å². The lowest BCUT2D eigenvalue weighted by Gasteiger charge is -2.46. The molecule has 2 rings (SSSR count). The summed E-state index contributed by atoms with van der Waals surface area (Å²) in [7, 11) is 0. The number of nitrogens with one attached hydrogen (secondary N) is 1. The number of anilines is 1. The molecule has 1 aliphatic carbocycles. The molecule has 0 radical (unpaired) electrons. The number of hydrogen-bond acceptors (Lipinski definition) is 2. The Morgan fingerprint density at radius 2 is 2.05 bits per heavy atom. The lowest BCUT2D eigenvalue weighted by atomic mass is 9.61. The van der Waals surface area contributed by atoms with Crippen molar-refractivity contribution >= 4 is 11.6 Å². The van der Waals surface area contributed by atoms with Crippen molar-refractivity contribution in [3.8, 4) is 0 Å². The minimum Gasteiger partial charge on any atom is -0.327 e. The summed E-state index contributed by atoms with van der Waals surface area (Å²) in [6, 6.07) is 4.57. The lowest BCUT2D eigenvalue weighted by molar-refractivity contribution is -0.127. The monoisotopic (exact) mass is 292 g/mol. The van der Waals surface area contributed by atoms with Crippen LogP contribution in [0, 0.1) is 30.0 Å². The minimum atomic E-state index is -0.289. The molecule has 0 aromatic heterocycles. The summed E-state index contributed by atoms with van der Waals surface area (Å²) in [6.45, 7) is 8.13. The summed E-state index contributed by atoms with van der Waals surface area (Å²) < 4.78 is 13.1. The maximum Gasteiger partial charge on any atom is 0.228 e. The highest BCUT2D eigenvalue weighted by atomic mass is 19.1. The molecule has 0 heterocycles. The number of carbonyl (C=O) groups excluding carboxylic acids is 1.